The molecule has 4 rings (SSSR count). The van der Waals surface area contributed by atoms with Crippen LogP contribution in [0.3, 0.4) is 0 Å². The van der Waals surface area contributed by atoms with Gasteiger partial charge in [0.05, 0.1) is 17.9 Å². The van der Waals surface area contributed by atoms with Crippen molar-refractivity contribution in [2.24, 2.45) is 0 Å². The molecule has 0 fully saturated rings. The number of methoxy groups -OCH3 is 1. The number of carbonyl (C=O) groups is 3. The molecular weight excluding hydrogens is 581 g/mol. The highest BCUT2D eigenvalue weighted by molar-refractivity contribution is 8.00. The van der Waals surface area contributed by atoms with Gasteiger partial charge in [-0.05, 0) is 72.3 Å². The van der Waals surface area contributed by atoms with Crippen LogP contribution in [0.2, 0.25) is 10.0 Å². The van der Waals surface area contributed by atoms with E-state index in [1.165, 1.54) is 18.9 Å². The third-order valence-corrected chi connectivity index (χ3v) is 7.11. The van der Waals surface area contributed by atoms with Gasteiger partial charge in [-0.25, -0.2) is 0 Å². The molecule has 0 saturated carbocycles. The van der Waals surface area contributed by atoms with E-state index in [9.17, 15) is 14.4 Å². The summed E-state index contributed by atoms with van der Waals surface area (Å²) >= 11 is 13.5. The van der Waals surface area contributed by atoms with E-state index in [2.05, 4.69) is 16.0 Å². The summed E-state index contributed by atoms with van der Waals surface area (Å²) in [4.78, 5) is 39.4. The van der Waals surface area contributed by atoms with Crippen molar-refractivity contribution in [2.75, 3.05) is 23.5 Å². The third-order valence-electron chi connectivity index (χ3n) is 5.59. The second-order valence-corrected chi connectivity index (χ2v) is 10.5. The number of halogens is 2. The normalized spacial score (nSPS) is 11.0. The number of nitrogens with one attached hydrogen (secondary N) is 3. The van der Waals surface area contributed by atoms with Crippen molar-refractivity contribution in [1.29, 1.82) is 0 Å². The largest absolute Gasteiger partial charge is 0.495 e. The second-order valence-electron chi connectivity index (χ2n) is 8.60. The van der Waals surface area contributed by atoms with Gasteiger partial charge in [0.15, 0.2) is 0 Å². The fourth-order valence-corrected chi connectivity index (χ4v) is 4.87. The lowest BCUT2D eigenvalue weighted by molar-refractivity contribution is -0.114. The Labute approximate surface area is 251 Å². The van der Waals surface area contributed by atoms with Gasteiger partial charge in [0, 0.05) is 26.9 Å². The van der Waals surface area contributed by atoms with Crippen molar-refractivity contribution in [3.05, 3.63) is 124 Å². The van der Waals surface area contributed by atoms with Gasteiger partial charge in [0.1, 0.15) is 11.4 Å². The van der Waals surface area contributed by atoms with Gasteiger partial charge in [-0.2, -0.15) is 0 Å². The molecule has 7 nitrogen and oxygen atoms in total. The number of hydrogen-bond acceptors (Lipinski definition) is 5. The Morgan fingerprint density at radius 1 is 0.829 bits per heavy atom. The van der Waals surface area contributed by atoms with Crippen LogP contribution >= 0.6 is 35.0 Å². The van der Waals surface area contributed by atoms with Crippen LogP contribution in [-0.4, -0.2) is 30.6 Å². The van der Waals surface area contributed by atoms with E-state index in [1.54, 1.807) is 97.1 Å². The first-order chi connectivity index (χ1) is 19.8. The maximum Gasteiger partial charge on any atom is 0.272 e. The Kier molecular flexibility index (Phi) is 10.5. The molecule has 0 aliphatic rings. The third kappa shape index (κ3) is 8.88. The van der Waals surface area contributed by atoms with Crippen LogP contribution in [0, 0.1) is 0 Å². The van der Waals surface area contributed by atoms with E-state index in [0.717, 1.165) is 4.90 Å². The quantitative estimate of drug-likeness (QED) is 0.132. The molecule has 0 unspecified atom stereocenters. The van der Waals surface area contributed by atoms with Gasteiger partial charge >= 0.3 is 0 Å². The summed E-state index contributed by atoms with van der Waals surface area (Å²) in [5.41, 5.74) is 2.14. The van der Waals surface area contributed by atoms with Crippen LogP contribution in [-0.2, 0) is 9.59 Å². The maximum absolute atomic E-state index is 13.3. The monoisotopic (exact) mass is 605 g/mol. The summed E-state index contributed by atoms with van der Waals surface area (Å²) in [7, 11) is 1.52. The van der Waals surface area contributed by atoms with E-state index >= 15 is 0 Å². The summed E-state index contributed by atoms with van der Waals surface area (Å²) in [6.07, 6.45) is 1.55. The molecule has 0 bridgehead atoms. The fourth-order valence-electron chi connectivity index (χ4n) is 3.66. The van der Waals surface area contributed by atoms with Gasteiger partial charge in [0.25, 0.3) is 11.8 Å². The number of hydrogen-bond donors (Lipinski definition) is 3. The number of thioether (sulfide) groups is 1. The molecule has 4 aromatic carbocycles. The molecule has 0 heterocycles. The predicted octanol–water partition coefficient (Wildman–Crippen LogP) is 7.14. The Hall–Kier alpha value is -4.24. The SMILES string of the molecule is COc1ccc(NC(=O)CSc2cccc(NC(=O)/C(=C/c3cccc(Cl)c3)NC(=O)c3ccccc3)c2)cc1Cl. The van der Waals surface area contributed by atoms with Gasteiger partial charge in [0.2, 0.25) is 5.91 Å². The first-order valence-electron chi connectivity index (χ1n) is 12.3. The Morgan fingerprint density at radius 3 is 2.32 bits per heavy atom. The lowest BCUT2D eigenvalue weighted by Crippen LogP contribution is -2.30. The van der Waals surface area contributed by atoms with Gasteiger partial charge in [-0.15, -0.1) is 11.8 Å². The van der Waals surface area contributed by atoms with Crippen LogP contribution < -0.4 is 20.7 Å². The van der Waals surface area contributed by atoms with Crippen molar-refractivity contribution >= 4 is 70.1 Å². The summed E-state index contributed by atoms with van der Waals surface area (Å²) in [6, 6.07) is 27.6. The van der Waals surface area contributed by atoms with E-state index in [1.807, 2.05) is 6.07 Å². The van der Waals surface area contributed by atoms with Crippen molar-refractivity contribution in [1.82, 2.24) is 5.32 Å². The van der Waals surface area contributed by atoms with Gasteiger partial charge < -0.3 is 20.7 Å². The first kappa shape index (κ1) is 29.7. The second kappa shape index (κ2) is 14.4. The number of benzene rings is 4. The molecule has 41 heavy (non-hydrogen) atoms. The van der Waals surface area contributed by atoms with Gasteiger partial charge in [-0.1, -0.05) is 59.6 Å². The van der Waals surface area contributed by atoms with E-state index in [4.69, 9.17) is 27.9 Å². The molecule has 10 heteroatoms. The number of carbonyl (C=O) groups excluding carboxylic acids is 3. The average Bonchev–Trinajstić information content (AvgIpc) is 2.96. The number of rotatable bonds is 10. The minimum atomic E-state index is -0.523. The molecule has 3 N–H and O–H groups in total. The summed E-state index contributed by atoms with van der Waals surface area (Å²) in [5, 5.41) is 9.21. The van der Waals surface area contributed by atoms with Crippen LogP contribution in [0.15, 0.2) is 108 Å². The van der Waals surface area contributed by atoms with Crippen molar-refractivity contribution in [3.63, 3.8) is 0 Å². The van der Waals surface area contributed by atoms with Gasteiger partial charge in [-0.3, -0.25) is 14.4 Å². The lowest BCUT2D eigenvalue weighted by Gasteiger charge is -2.12. The molecule has 0 aliphatic carbocycles. The smallest absolute Gasteiger partial charge is 0.272 e. The van der Waals surface area contributed by atoms with E-state index < -0.39 is 11.8 Å². The highest BCUT2D eigenvalue weighted by atomic mass is 35.5. The summed E-state index contributed by atoms with van der Waals surface area (Å²) in [5.74, 6) is -0.522. The minimum Gasteiger partial charge on any atom is -0.495 e. The molecule has 0 spiro atoms. The molecule has 3 amide bonds. The molecule has 0 saturated heterocycles. The molecule has 0 radical (unpaired) electrons. The minimum absolute atomic E-state index is 0.0386. The highest BCUT2D eigenvalue weighted by Crippen LogP contribution is 2.28. The predicted molar refractivity (Wildman–Crippen MR) is 166 cm³/mol. The highest BCUT2D eigenvalue weighted by Gasteiger charge is 2.16. The van der Waals surface area contributed by atoms with Crippen LogP contribution in [0.5, 0.6) is 5.75 Å². The van der Waals surface area contributed by atoms with Crippen molar-refractivity contribution in [2.45, 2.75) is 4.90 Å². The molecule has 0 aliphatic heterocycles. The van der Waals surface area contributed by atoms with Crippen LogP contribution in [0.1, 0.15) is 15.9 Å². The van der Waals surface area contributed by atoms with Crippen molar-refractivity contribution in [3.8, 4) is 5.75 Å². The average molecular weight is 607 g/mol. The van der Waals surface area contributed by atoms with Crippen LogP contribution in [0.4, 0.5) is 11.4 Å². The standard InChI is InChI=1S/C31H25Cl2N3O4S/c1-40-28-14-13-24(18-26(28)33)34-29(37)19-41-25-12-6-11-23(17-25)35-31(39)27(16-20-7-5-10-22(32)15-20)36-30(38)21-8-3-2-4-9-21/h2-18H,19H2,1H3,(H,34,37)(H,35,39)(H,36,38)/b27-16-. The molecule has 4 aromatic rings. The Bertz CT molecular complexity index is 1600. The zero-order valence-corrected chi connectivity index (χ0v) is 24.1. The molecule has 0 atom stereocenters. The van der Waals surface area contributed by atoms with Crippen molar-refractivity contribution < 1.29 is 19.1 Å². The summed E-state index contributed by atoms with van der Waals surface area (Å²) < 4.78 is 5.13. The Balaban J connectivity index is 1.43. The molecular formula is C31H25Cl2N3O4S. The molecule has 208 valence electrons. The number of anilines is 2. The zero-order chi connectivity index (χ0) is 29.2. The van der Waals surface area contributed by atoms with E-state index in [-0.39, 0.29) is 17.4 Å². The fraction of sp³-hybridized carbons (Fsp3) is 0.0645. The lowest BCUT2D eigenvalue weighted by atomic mass is 10.1. The topological polar surface area (TPSA) is 96.5 Å². The Morgan fingerprint density at radius 2 is 1.59 bits per heavy atom. The number of ether oxygens (including phenoxy) is 1. The van der Waals surface area contributed by atoms with Crippen LogP contribution in [0.25, 0.3) is 6.08 Å². The zero-order valence-electron chi connectivity index (χ0n) is 21.8. The number of amides is 3. The summed E-state index contributed by atoms with van der Waals surface area (Å²) in [6.45, 7) is 0. The first-order valence-corrected chi connectivity index (χ1v) is 14.1. The maximum atomic E-state index is 13.3. The molecule has 0 aromatic heterocycles. The van der Waals surface area contributed by atoms with E-state index in [0.29, 0.717) is 38.3 Å².